The lowest BCUT2D eigenvalue weighted by atomic mass is 9.78. The number of benzene rings is 1. The number of amides is 1. The highest BCUT2D eigenvalue weighted by Crippen LogP contribution is 2.29. The number of carbonyl (C=O) groups excluding carboxylic acids is 3. The fourth-order valence-corrected chi connectivity index (χ4v) is 3.23. The summed E-state index contributed by atoms with van der Waals surface area (Å²) in [5.74, 6) is -0.277. The lowest BCUT2D eigenvalue weighted by molar-refractivity contribution is -0.144. The number of nitrogens with one attached hydrogen (secondary N) is 1. The number of methoxy groups -OCH3 is 1. The lowest BCUT2D eigenvalue weighted by Crippen LogP contribution is -2.45. The van der Waals surface area contributed by atoms with Crippen LogP contribution in [0.15, 0.2) is 30.3 Å². The van der Waals surface area contributed by atoms with Crippen LogP contribution in [0, 0.1) is 11.8 Å². The third-order valence-electron chi connectivity index (χ3n) is 5.14. The molecule has 1 aromatic rings. The molecule has 6 nitrogen and oxygen atoms in total. The Labute approximate surface area is 159 Å². The standard InChI is InChI=1S/C21H27NO5/c1-14-5-4-6-18(15(14)2)22-19(23)13-27-20(24)12-9-16-7-10-17(11-8-16)21(25)26-3/h7-12,14-15,18H,4-6,13H2,1-3H3,(H,22,23)/b12-9+/t14-,15+,18-/m0/s1. The van der Waals surface area contributed by atoms with Crippen LogP contribution in [0.25, 0.3) is 6.08 Å². The monoisotopic (exact) mass is 373 g/mol. The summed E-state index contributed by atoms with van der Waals surface area (Å²) in [4.78, 5) is 35.2. The van der Waals surface area contributed by atoms with Gasteiger partial charge in [-0.25, -0.2) is 9.59 Å². The molecule has 1 amide bonds. The average molecular weight is 373 g/mol. The van der Waals surface area contributed by atoms with Crippen LogP contribution in [0.4, 0.5) is 0 Å². The van der Waals surface area contributed by atoms with E-state index in [0.717, 1.165) is 18.4 Å². The van der Waals surface area contributed by atoms with E-state index >= 15 is 0 Å². The van der Waals surface area contributed by atoms with E-state index in [9.17, 15) is 14.4 Å². The molecule has 1 N–H and O–H groups in total. The van der Waals surface area contributed by atoms with Crippen molar-refractivity contribution in [2.75, 3.05) is 13.7 Å². The van der Waals surface area contributed by atoms with Gasteiger partial charge in [0.2, 0.25) is 0 Å². The normalized spacial score (nSPS) is 22.3. The number of rotatable bonds is 6. The summed E-state index contributed by atoms with van der Waals surface area (Å²) in [7, 11) is 1.32. The van der Waals surface area contributed by atoms with E-state index in [1.165, 1.54) is 19.6 Å². The van der Waals surface area contributed by atoms with Crippen molar-refractivity contribution in [3.63, 3.8) is 0 Å². The van der Waals surface area contributed by atoms with Gasteiger partial charge in [0.1, 0.15) is 0 Å². The van der Waals surface area contributed by atoms with Crippen LogP contribution in [0.2, 0.25) is 0 Å². The molecule has 1 aliphatic rings. The molecule has 146 valence electrons. The van der Waals surface area contributed by atoms with Gasteiger partial charge in [-0.3, -0.25) is 4.79 Å². The topological polar surface area (TPSA) is 81.7 Å². The molecule has 1 fully saturated rings. The second kappa shape index (κ2) is 9.90. The zero-order valence-corrected chi connectivity index (χ0v) is 16.1. The molecule has 0 radical (unpaired) electrons. The van der Waals surface area contributed by atoms with E-state index in [2.05, 4.69) is 23.9 Å². The Kier molecular flexibility index (Phi) is 7.58. The van der Waals surface area contributed by atoms with Gasteiger partial charge in [0.25, 0.3) is 5.91 Å². The van der Waals surface area contributed by atoms with Crippen LogP contribution in [0.1, 0.15) is 49.0 Å². The Bertz CT molecular complexity index is 695. The van der Waals surface area contributed by atoms with Crippen molar-refractivity contribution >= 4 is 23.9 Å². The molecule has 0 bridgehead atoms. The number of ether oxygens (including phenoxy) is 2. The minimum Gasteiger partial charge on any atom is -0.465 e. The summed E-state index contributed by atoms with van der Waals surface area (Å²) in [6, 6.07) is 6.74. The van der Waals surface area contributed by atoms with E-state index < -0.39 is 11.9 Å². The van der Waals surface area contributed by atoms with Gasteiger partial charge < -0.3 is 14.8 Å². The summed E-state index contributed by atoms with van der Waals surface area (Å²) in [6.07, 6.45) is 6.08. The third kappa shape index (κ3) is 6.24. The van der Waals surface area contributed by atoms with Crippen molar-refractivity contribution in [2.24, 2.45) is 11.8 Å². The number of hydrogen-bond donors (Lipinski definition) is 1. The van der Waals surface area contributed by atoms with Gasteiger partial charge in [0.05, 0.1) is 12.7 Å². The first-order valence-corrected chi connectivity index (χ1v) is 9.23. The molecule has 2 rings (SSSR count). The molecule has 0 aromatic heterocycles. The molecule has 3 atom stereocenters. The van der Waals surface area contributed by atoms with Gasteiger partial charge in [-0.05, 0) is 42.0 Å². The van der Waals surface area contributed by atoms with Crippen molar-refractivity contribution < 1.29 is 23.9 Å². The van der Waals surface area contributed by atoms with Gasteiger partial charge in [0, 0.05) is 12.1 Å². The second-order valence-electron chi connectivity index (χ2n) is 7.00. The molecule has 1 aliphatic carbocycles. The van der Waals surface area contributed by atoms with E-state index in [1.54, 1.807) is 30.3 Å². The Morgan fingerprint density at radius 2 is 1.85 bits per heavy atom. The summed E-state index contributed by atoms with van der Waals surface area (Å²) in [5, 5.41) is 2.97. The van der Waals surface area contributed by atoms with Gasteiger partial charge >= 0.3 is 11.9 Å². The summed E-state index contributed by atoms with van der Waals surface area (Å²) in [6.45, 7) is 4.06. The molecule has 0 spiro atoms. The minimum atomic E-state index is -0.591. The van der Waals surface area contributed by atoms with Crippen LogP contribution in [0.5, 0.6) is 0 Å². The van der Waals surface area contributed by atoms with Crippen molar-refractivity contribution in [1.29, 1.82) is 0 Å². The van der Waals surface area contributed by atoms with Crippen molar-refractivity contribution in [2.45, 2.75) is 39.2 Å². The Morgan fingerprint density at radius 1 is 1.15 bits per heavy atom. The van der Waals surface area contributed by atoms with Crippen molar-refractivity contribution in [3.05, 3.63) is 41.5 Å². The minimum absolute atomic E-state index is 0.142. The molecule has 27 heavy (non-hydrogen) atoms. The molecule has 0 saturated heterocycles. The zero-order chi connectivity index (χ0) is 19.8. The third-order valence-corrected chi connectivity index (χ3v) is 5.14. The van der Waals surface area contributed by atoms with Gasteiger partial charge in [0.15, 0.2) is 6.61 Å². The van der Waals surface area contributed by atoms with E-state index in [-0.39, 0.29) is 18.6 Å². The molecule has 1 saturated carbocycles. The molecule has 6 heteroatoms. The Hall–Kier alpha value is -2.63. The Morgan fingerprint density at radius 3 is 2.52 bits per heavy atom. The molecule has 1 aromatic carbocycles. The maximum atomic E-state index is 12.0. The second-order valence-corrected chi connectivity index (χ2v) is 7.00. The maximum absolute atomic E-state index is 12.0. The first-order chi connectivity index (χ1) is 12.9. The molecule has 0 unspecified atom stereocenters. The van der Waals surface area contributed by atoms with Gasteiger partial charge in [-0.15, -0.1) is 0 Å². The van der Waals surface area contributed by atoms with Crippen LogP contribution in [-0.4, -0.2) is 37.6 Å². The highest BCUT2D eigenvalue weighted by Gasteiger charge is 2.28. The van der Waals surface area contributed by atoms with Crippen LogP contribution < -0.4 is 5.32 Å². The maximum Gasteiger partial charge on any atom is 0.337 e. The van der Waals surface area contributed by atoms with E-state index in [0.29, 0.717) is 17.4 Å². The molecule has 0 heterocycles. The highest BCUT2D eigenvalue weighted by atomic mass is 16.5. The van der Waals surface area contributed by atoms with E-state index in [1.807, 2.05) is 0 Å². The quantitative estimate of drug-likeness (QED) is 0.612. The van der Waals surface area contributed by atoms with Crippen LogP contribution >= 0.6 is 0 Å². The lowest BCUT2D eigenvalue weighted by Gasteiger charge is -2.34. The predicted molar refractivity (Wildman–Crippen MR) is 102 cm³/mol. The SMILES string of the molecule is COC(=O)c1ccc(/C=C/C(=O)OCC(=O)N[C@H]2CCC[C@H](C)[C@H]2C)cc1. The molecule has 0 aliphatic heterocycles. The summed E-state index contributed by atoms with van der Waals surface area (Å²) < 4.78 is 9.62. The fourth-order valence-electron chi connectivity index (χ4n) is 3.23. The summed E-state index contributed by atoms with van der Waals surface area (Å²) in [5.41, 5.74) is 1.16. The number of carbonyl (C=O) groups is 3. The molecular formula is C21H27NO5. The Balaban J connectivity index is 1.77. The number of hydrogen-bond acceptors (Lipinski definition) is 5. The molecular weight excluding hydrogens is 346 g/mol. The first kappa shape index (κ1) is 20.7. The van der Waals surface area contributed by atoms with Crippen LogP contribution in [-0.2, 0) is 19.1 Å². The van der Waals surface area contributed by atoms with Gasteiger partial charge in [-0.1, -0.05) is 38.8 Å². The van der Waals surface area contributed by atoms with Crippen molar-refractivity contribution in [3.8, 4) is 0 Å². The van der Waals surface area contributed by atoms with Crippen molar-refractivity contribution in [1.82, 2.24) is 5.32 Å². The van der Waals surface area contributed by atoms with Gasteiger partial charge in [-0.2, -0.15) is 0 Å². The summed E-state index contributed by atoms with van der Waals surface area (Å²) >= 11 is 0. The smallest absolute Gasteiger partial charge is 0.337 e. The van der Waals surface area contributed by atoms with E-state index in [4.69, 9.17) is 4.74 Å². The fraction of sp³-hybridized carbons (Fsp3) is 0.476. The first-order valence-electron chi connectivity index (χ1n) is 9.23. The zero-order valence-electron chi connectivity index (χ0n) is 16.1. The largest absolute Gasteiger partial charge is 0.465 e. The van der Waals surface area contributed by atoms with Crippen LogP contribution in [0.3, 0.4) is 0 Å². The predicted octanol–water partition coefficient (Wildman–Crippen LogP) is 2.97. The highest BCUT2D eigenvalue weighted by molar-refractivity contribution is 5.91. The average Bonchev–Trinajstić information content (AvgIpc) is 2.68. The number of esters is 2.